The molecule has 5 rings (SSSR count). The molecule has 2 aliphatic rings. The van der Waals surface area contributed by atoms with Crippen LogP contribution in [0.15, 0.2) is 48.7 Å². The van der Waals surface area contributed by atoms with Crippen molar-refractivity contribution >= 4 is 35.0 Å². The first-order chi connectivity index (χ1) is 17.8. The van der Waals surface area contributed by atoms with E-state index in [-0.39, 0.29) is 24.3 Å². The molecule has 1 aromatic heterocycles. The summed E-state index contributed by atoms with van der Waals surface area (Å²) in [6, 6.07) is 12.7. The van der Waals surface area contributed by atoms with Crippen LogP contribution in [-0.4, -0.2) is 59.1 Å². The fourth-order valence-electron chi connectivity index (χ4n) is 4.75. The number of likely N-dealkylation sites (tertiary alicyclic amines) is 1. The van der Waals surface area contributed by atoms with E-state index in [4.69, 9.17) is 9.84 Å². The zero-order valence-corrected chi connectivity index (χ0v) is 20.5. The van der Waals surface area contributed by atoms with Crippen LogP contribution in [0, 0.1) is 6.92 Å². The first-order valence-corrected chi connectivity index (χ1v) is 11.9. The number of ether oxygens (including phenoxy) is 1. The number of amides is 3. The van der Waals surface area contributed by atoms with E-state index in [1.54, 1.807) is 30.3 Å². The summed E-state index contributed by atoms with van der Waals surface area (Å²) >= 11 is 0. The third-order valence-corrected chi connectivity index (χ3v) is 6.69. The van der Waals surface area contributed by atoms with Gasteiger partial charge in [-0.1, -0.05) is 12.1 Å². The van der Waals surface area contributed by atoms with Gasteiger partial charge in [0.1, 0.15) is 0 Å². The monoisotopic (exact) mass is 501 g/mol. The van der Waals surface area contributed by atoms with Gasteiger partial charge in [0.15, 0.2) is 0 Å². The number of pyridine rings is 1. The Morgan fingerprint density at radius 2 is 1.95 bits per heavy atom. The van der Waals surface area contributed by atoms with E-state index in [0.29, 0.717) is 42.3 Å². The second-order valence-electron chi connectivity index (χ2n) is 9.21. The van der Waals surface area contributed by atoms with Crippen molar-refractivity contribution in [2.24, 2.45) is 0 Å². The molecule has 2 aliphatic heterocycles. The number of nitrogens with one attached hydrogen (secondary N) is 3. The van der Waals surface area contributed by atoms with Crippen LogP contribution in [0.1, 0.15) is 27.9 Å². The van der Waals surface area contributed by atoms with Crippen LogP contribution in [0.2, 0.25) is 0 Å². The molecule has 0 spiro atoms. The molecule has 1 unspecified atom stereocenters. The predicted molar refractivity (Wildman–Crippen MR) is 138 cm³/mol. The average Bonchev–Trinajstić information content (AvgIpc) is 3.28. The van der Waals surface area contributed by atoms with E-state index in [1.807, 2.05) is 37.3 Å². The van der Waals surface area contributed by atoms with Gasteiger partial charge >= 0.3 is 6.09 Å². The molecule has 190 valence electrons. The van der Waals surface area contributed by atoms with Crippen LogP contribution >= 0.6 is 0 Å². The summed E-state index contributed by atoms with van der Waals surface area (Å²) in [6.07, 6.45) is 1.41. The molecule has 3 heterocycles. The maximum Gasteiger partial charge on any atom is 0.404 e. The van der Waals surface area contributed by atoms with E-state index in [9.17, 15) is 14.4 Å². The highest BCUT2D eigenvalue weighted by Gasteiger charge is 2.27. The maximum atomic E-state index is 13.0. The van der Waals surface area contributed by atoms with E-state index < -0.39 is 6.09 Å². The van der Waals surface area contributed by atoms with Crippen molar-refractivity contribution in [3.63, 3.8) is 0 Å². The number of hydrogen-bond donors (Lipinski definition) is 4. The molecule has 10 heteroatoms. The second-order valence-corrected chi connectivity index (χ2v) is 9.21. The Kier molecular flexibility index (Phi) is 6.39. The molecule has 10 nitrogen and oxygen atoms in total. The second kappa shape index (κ2) is 9.81. The number of fused-ring (bicyclic) bond motifs is 2. The molecule has 2 aromatic carbocycles. The predicted octanol–water partition coefficient (Wildman–Crippen LogP) is 3.79. The quantitative estimate of drug-likeness (QED) is 0.418. The molecule has 1 atom stereocenters. The number of nitrogens with zero attached hydrogens (tertiary/aromatic N) is 2. The van der Waals surface area contributed by atoms with Gasteiger partial charge in [0.25, 0.3) is 5.91 Å². The minimum Gasteiger partial charge on any atom is -0.481 e. The number of carbonyl (C=O) groups excluding carboxylic acids is 2. The van der Waals surface area contributed by atoms with Crippen molar-refractivity contribution in [1.29, 1.82) is 0 Å². The fourth-order valence-corrected chi connectivity index (χ4v) is 4.75. The SMILES string of the molecule is COc1cc(-c2ccc3c(c2)Nc2ccc(CC(=O)N4CCC(NC(=O)O)C4)cc2NC3=O)c(C)cn1. The van der Waals surface area contributed by atoms with Crippen LogP contribution < -0.4 is 20.7 Å². The third kappa shape index (κ3) is 5.04. The van der Waals surface area contributed by atoms with Crippen molar-refractivity contribution in [1.82, 2.24) is 15.2 Å². The van der Waals surface area contributed by atoms with Crippen LogP contribution in [0.4, 0.5) is 21.9 Å². The highest BCUT2D eigenvalue weighted by molar-refractivity contribution is 6.12. The van der Waals surface area contributed by atoms with Crippen LogP contribution in [0.3, 0.4) is 0 Å². The first-order valence-electron chi connectivity index (χ1n) is 11.9. The summed E-state index contributed by atoms with van der Waals surface area (Å²) < 4.78 is 5.27. The lowest BCUT2D eigenvalue weighted by Crippen LogP contribution is -2.38. The van der Waals surface area contributed by atoms with E-state index in [2.05, 4.69) is 20.9 Å². The summed E-state index contributed by atoms with van der Waals surface area (Å²) in [5, 5.41) is 17.6. The minimum absolute atomic E-state index is 0.0846. The molecule has 4 N–H and O–H groups in total. The van der Waals surface area contributed by atoms with Gasteiger partial charge in [-0.05, 0) is 59.9 Å². The van der Waals surface area contributed by atoms with Crippen LogP contribution in [0.5, 0.6) is 5.88 Å². The molecule has 3 aromatic rings. The highest BCUT2D eigenvalue weighted by atomic mass is 16.5. The largest absolute Gasteiger partial charge is 0.481 e. The normalized spacial score (nSPS) is 16.1. The molecule has 1 saturated heterocycles. The molecule has 37 heavy (non-hydrogen) atoms. The van der Waals surface area contributed by atoms with Crippen molar-refractivity contribution in [3.8, 4) is 17.0 Å². The number of hydrogen-bond acceptors (Lipinski definition) is 6. The summed E-state index contributed by atoms with van der Waals surface area (Å²) in [4.78, 5) is 42.6. The minimum atomic E-state index is -1.09. The summed E-state index contributed by atoms with van der Waals surface area (Å²) in [6.45, 7) is 2.83. The molecule has 0 saturated carbocycles. The summed E-state index contributed by atoms with van der Waals surface area (Å²) in [5.74, 6) is 0.178. The van der Waals surface area contributed by atoms with Crippen molar-refractivity contribution < 1.29 is 24.2 Å². The maximum absolute atomic E-state index is 13.0. The van der Waals surface area contributed by atoms with Gasteiger partial charge < -0.3 is 30.7 Å². The summed E-state index contributed by atoms with van der Waals surface area (Å²) in [5.41, 5.74) is 6.09. The molecule has 0 aliphatic carbocycles. The Balaban J connectivity index is 1.36. The molecular weight excluding hydrogens is 474 g/mol. The van der Waals surface area contributed by atoms with Gasteiger partial charge in [0, 0.05) is 25.4 Å². The van der Waals surface area contributed by atoms with E-state index in [0.717, 1.165) is 27.9 Å². The number of carboxylic acid groups (broad SMARTS) is 1. The smallest absolute Gasteiger partial charge is 0.404 e. The van der Waals surface area contributed by atoms with E-state index in [1.165, 1.54) is 0 Å². The Bertz CT molecular complexity index is 1410. The Hall–Kier alpha value is -4.60. The number of anilines is 3. The standard InChI is InChI=1S/C27H27N5O5/c1-15-13-28-24(37-2)12-20(15)17-4-5-19-22(11-17)30-21-6-3-16(9-23(21)31-26(19)34)10-25(33)32-8-7-18(14-32)29-27(35)36/h3-6,9,11-13,18,29-30H,7-8,10,14H2,1-2H3,(H,31,34)(H,35,36). The number of carbonyl (C=O) groups is 3. The number of rotatable bonds is 5. The Morgan fingerprint density at radius 1 is 1.11 bits per heavy atom. The summed E-state index contributed by atoms with van der Waals surface area (Å²) in [7, 11) is 1.57. The highest BCUT2D eigenvalue weighted by Crippen LogP contribution is 2.36. The number of aromatic nitrogens is 1. The van der Waals surface area contributed by atoms with Gasteiger partial charge in [-0.25, -0.2) is 9.78 Å². The molecule has 3 amide bonds. The van der Waals surface area contributed by atoms with Crippen LogP contribution in [0.25, 0.3) is 11.1 Å². The van der Waals surface area contributed by atoms with Crippen molar-refractivity contribution in [2.75, 3.05) is 30.8 Å². The third-order valence-electron chi connectivity index (χ3n) is 6.69. The van der Waals surface area contributed by atoms with Gasteiger partial charge in [-0.3, -0.25) is 9.59 Å². The number of methoxy groups -OCH3 is 1. The van der Waals surface area contributed by atoms with Gasteiger partial charge in [0.2, 0.25) is 11.8 Å². The molecular formula is C27H27N5O5. The number of benzene rings is 2. The number of aryl methyl sites for hydroxylation is 1. The lowest BCUT2D eigenvalue weighted by molar-refractivity contribution is -0.129. The van der Waals surface area contributed by atoms with Gasteiger partial charge in [-0.15, -0.1) is 0 Å². The van der Waals surface area contributed by atoms with Crippen molar-refractivity contribution in [3.05, 3.63) is 65.4 Å². The van der Waals surface area contributed by atoms with Gasteiger partial charge in [0.05, 0.1) is 42.2 Å². The molecule has 0 bridgehead atoms. The van der Waals surface area contributed by atoms with Crippen LogP contribution in [-0.2, 0) is 11.2 Å². The zero-order valence-electron chi connectivity index (χ0n) is 20.5. The first kappa shape index (κ1) is 24.1. The van der Waals surface area contributed by atoms with Gasteiger partial charge in [-0.2, -0.15) is 0 Å². The Morgan fingerprint density at radius 3 is 2.73 bits per heavy atom. The Labute approximate surface area is 213 Å². The molecule has 1 fully saturated rings. The lowest BCUT2D eigenvalue weighted by Gasteiger charge is -2.17. The van der Waals surface area contributed by atoms with E-state index >= 15 is 0 Å². The topological polar surface area (TPSA) is 133 Å². The average molecular weight is 502 g/mol. The molecule has 0 radical (unpaired) electrons. The lowest BCUT2D eigenvalue weighted by atomic mass is 9.99. The fraction of sp³-hybridized carbons (Fsp3) is 0.259. The zero-order chi connectivity index (χ0) is 26.1. The van der Waals surface area contributed by atoms with Crippen molar-refractivity contribution in [2.45, 2.75) is 25.8 Å².